The third-order valence-corrected chi connectivity index (χ3v) is 5.52. The van der Waals surface area contributed by atoms with E-state index in [1.54, 1.807) is 17.2 Å². The van der Waals surface area contributed by atoms with Crippen molar-refractivity contribution in [3.63, 3.8) is 0 Å². The van der Waals surface area contributed by atoms with Crippen LogP contribution >= 0.6 is 11.6 Å². The Hall–Kier alpha value is -3.26. The minimum Gasteiger partial charge on any atom is -0.352 e. The van der Waals surface area contributed by atoms with Crippen LogP contribution in [0.15, 0.2) is 48.7 Å². The van der Waals surface area contributed by atoms with Gasteiger partial charge in [0.1, 0.15) is 11.6 Å². The summed E-state index contributed by atoms with van der Waals surface area (Å²) in [7, 11) is 0. The van der Waals surface area contributed by atoms with E-state index in [1.807, 2.05) is 31.2 Å². The van der Waals surface area contributed by atoms with E-state index in [-0.39, 0.29) is 22.9 Å². The van der Waals surface area contributed by atoms with Gasteiger partial charge in [-0.2, -0.15) is 0 Å². The quantitative estimate of drug-likeness (QED) is 0.653. The minimum atomic E-state index is -0.454. The van der Waals surface area contributed by atoms with Crippen LogP contribution in [-0.4, -0.2) is 52.2 Å². The molecule has 2 aromatic heterocycles. The van der Waals surface area contributed by atoms with Gasteiger partial charge in [-0.25, -0.2) is 9.37 Å². The lowest BCUT2D eigenvalue weighted by atomic mass is 10.1. The van der Waals surface area contributed by atoms with Crippen molar-refractivity contribution in [3.8, 4) is 0 Å². The predicted octanol–water partition coefficient (Wildman–Crippen LogP) is 3.61. The van der Waals surface area contributed by atoms with Gasteiger partial charge >= 0.3 is 0 Å². The highest BCUT2D eigenvalue weighted by Gasteiger charge is 2.23. The smallest absolute Gasteiger partial charge is 0.227 e. The summed E-state index contributed by atoms with van der Waals surface area (Å²) < 4.78 is 14.0. The predicted molar refractivity (Wildman–Crippen MR) is 118 cm³/mol. The summed E-state index contributed by atoms with van der Waals surface area (Å²) in [5.74, 6) is 1.47. The van der Waals surface area contributed by atoms with E-state index in [4.69, 9.17) is 11.6 Å². The van der Waals surface area contributed by atoms with Crippen molar-refractivity contribution in [2.75, 3.05) is 36.4 Å². The molecule has 0 spiro atoms. The Labute approximate surface area is 184 Å². The second kappa shape index (κ2) is 9.26. The first-order valence-electron chi connectivity index (χ1n) is 9.98. The number of aromatic nitrogens is 3. The van der Waals surface area contributed by atoms with E-state index >= 15 is 0 Å². The molecule has 4 rings (SSSR count). The van der Waals surface area contributed by atoms with Gasteiger partial charge in [-0.05, 0) is 48.9 Å². The second-order valence-electron chi connectivity index (χ2n) is 7.37. The minimum absolute atomic E-state index is 0.0430. The number of piperazine rings is 1. The number of hydrogen-bond acceptors (Lipinski definition) is 6. The third-order valence-electron chi connectivity index (χ3n) is 5.17. The molecule has 1 aliphatic rings. The fourth-order valence-electron chi connectivity index (χ4n) is 3.45. The SMILES string of the molecule is Cc1ccnc(Nc2ccc(N3CCN(C(=O)Cc4c(F)cccc4Cl)CC3)nn2)c1. The summed E-state index contributed by atoms with van der Waals surface area (Å²) in [5, 5.41) is 11.9. The van der Waals surface area contributed by atoms with Crippen LogP contribution in [0.4, 0.5) is 21.8 Å². The fourth-order valence-corrected chi connectivity index (χ4v) is 3.68. The first-order chi connectivity index (χ1) is 15.0. The van der Waals surface area contributed by atoms with E-state index in [1.165, 1.54) is 12.1 Å². The molecule has 0 aliphatic carbocycles. The molecule has 31 heavy (non-hydrogen) atoms. The maximum absolute atomic E-state index is 14.0. The zero-order valence-electron chi connectivity index (χ0n) is 17.1. The van der Waals surface area contributed by atoms with Crippen LogP contribution in [0.2, 0.25) is 5.02 Å². The largest absolute Gasteiger partial charge is 0.352 e. The molecule has 0 atom stereocenters. The Morgan fingerprint density at radius 3 is 2.58 bits per heavy atom. The van der Waals surface area contributed by atoms with E-state index in [0.29, 0.717) is 37.8 Å². The first kappa shape index (κ1) is 21.0. The van der Waals surface area contributed by atoms with Gasteiger partial charge in [0, 0.05) is 43.0 Å². The van der Waals surface area contributed by atoms with Crippen LogP contribution < -0.4 is 10.2 Å². The zero-order valence-corrected chi connectivity index (χ0v) is 17.8. The number of nitrogens with one attached hydrogen (secondary N) is 1. The van der Waals surface area contributed by atoms with Gasteiger partial charge in [0.2, 0.25) is 5.91 Å². The topological polar surface area (TPSA) is 74.2 Å². The van der Waals surface area contributed by atoms with Crippen molar-refractivity contribution in [3.05, 3.63) is 70.6 Å². The van der Waals surface area contributed by atoms with Gasteiger partial charge in [0.25, 0.3) is 0 Å². The van der Waals surface area contributed by atoms with Crippen LogP contribution in [0, 0.1) is 12.7 Å². The van der Waals surface area contributed by atoms with Crippen LogP contribution in [0.3, 0.4) is 0 Å². The number of rotatable bonds is 5. The molecule has 0 unspecified atom stereocenters. The summed E-state index contributed by atoms with van der Waals surface area (Å²) in [6.45, 7) is 4.30. The molecule has 0 bridgehead atoms. The molecule has 7 nitrogen and oxygen atoms in total. The average Bonchev–Trinajstić information content (AvgIpc) is 2.77. The monoisotopic (exact) mass is 440 g/mol. The van der Waals surface area contributed by atoms with Crippen LogP contribution in [0.25, 0.3) is 0 Å². The summed E-state index contributed by atoms with van der Waals surface area (Å²) in [4.78, 5) is 20.7. The Morgan fingerprint density at radius 2 is 1.90 bits per heavy atom. The van der Waals surface area contributed by atoms with E-state index < -0.39 is 5.82 Å². The number of halogens is 2. The van der Waals surface area contributed by atoms with Gasteiger partial charge < -0.3 is 15.1 Å². The Balaban J connectivity index is 1.32. The molecule has 0 radical (unpaired) electrons. The van der Waals surface area contributed by atoms with Gasteiger partial charge in [-0.15, -0.1) is 10.2 Å². The second-order valence-corrected chi connectivity index (χ2v) is 7.77. The maximum atomic E-state index is 14.0. The lowest BCUT2D eigenvalue weighted by molar-refractivity contribution is -0.130. The number of amides is 1. The molecule has 3 heterocycles. The van der Waals surface area contributed by atoms with Crippen LogP contribution in [0.5, 0.6) is 0 Å². The standard InChI is InChI=1S/C22H22ClFN6O/c1-15-7-8-25-20(13-15)26-19-5-6-21(28-27-19)29-9-11-30(12-10-29)22(31)14-16-17(23)3-2-4-18(16)24/h2-8,13H,9-12,14H2,1H3,(H,25,26,27). The van der Waals surface area contributed by atoms with Crippen molar-refractivity contribution < 1.29 is 9.18 Å². The maximum Gasteiger partial charge on any atom is 0.227 e. The summed E-state index contributed by atoms with van der Waals surface area (Å²) in [5.41, 5.74) is 1.35. The molecule has 160 valence electrons. The number of pyridine rings is 1. The van der Waals surface area contributed by atoms with Crippen molar-refractivity contribution in [1.82, 2.24) is 20.1 Å². The number of carbonyl (C=O) groups excluding carboxylic acids is 1. The van der Waals surface area contributed by atoms with Crippen molar-refractivity contribution in [2.24, 2.45) is 0 Å². The van der Waals surface area contributed by atoms with Crippen LogP contribution in [0.1, 0.15) is 11.1 Å². The van der Waals surface area contributed by atoms with Crippen molar-refractivity contribution in [1.29, 1.82) is 0 Å². The molecule has 9 heteroatoms. The molecule has 1 N–H and O–H groups in total. The molecule has 1 saturated heterocycles. The average molecular weight is 441 g/mol. The summed E-state index contributed by atoms with van der Waals surface area (Å²) in [6.07, 6.45) is 1.69. The highest BCUT2D eigenvalue weighted by molar-refractivity contribution is 6.31. The molecule has 1 aliphatic heterocycles. The summed E-state index contributed by atoms with van der Waals surface area (Å²) in [6, 6.07) is 12.0. The van der Waals surface area contributed by atoms with E-state index in [2.05, 4.69) is 25.4 Å². The molecule has 1 aromatic carbocycles. The molecule has 1 fully saturated rings. The van der Waals surface area contributed by atoms with Crippen LogP contribution in [-0.2, 0) is 11.2 Å². The number of aryl methyl sites for hydroxylation is 1. The van der Waals surface area contributed by atoms with E-state index in [0.717, 1.165) is 11.4 Å². The Bertz CT molecular complexity index is 1050. The van der Waals surface area contributed by atoms with Gasteiger partial charge in [0.05, 0.1) is 6.42 Å². The van der Waals surface area contributed by atoms with Crippen molar-refractivity contribution in [2.45, 2.75) is 13.3 Å². The Kier molecular flexibility index (Phi) is 6.27. The van der Waals surface area contributed by atoms with Gasteiger partial charge in [0.15, 0.2) is 11.6 Å². The van der Waals surface area contributed by atoms with Crippen molar-refractivity contribution >= 4 is 35.0 Å². The third kappa shape index (κ3) is 5.08. The molecular formula is C22H22ClFN6O. The molecule has 0 saturated carbocycles. The first-order valence-corrected chi connectivity index (χ1v) is 10.4. The number of hydrogen-bond donors (Lipinski definition) is 1. The zero-order chi connectivity index (χ0) is 21.8. The van der Waals surface area contributed by atoms with Gasteiger partial charge in [-0.1, -0.05) is 17.7 Å². The number of benzene rings is 1. The summed E-state index contributed by atoms with van der Waals surface area (Å²) >= 11 is 6.04. The molecular weight excluding hydrogens is 419 g/mol. The Morgan fingerprint density at radius 1 is 1.10 bits per heavy atom. The van der Waals surface area contributed by atoms with E-state index in [9.17, 15) is 9.18 Å². The lowest BCUT2D eigenvalue weighted by Crippen LogP contribution is -2.49. The number of carbonyl (C=O) groups is 1. The molecule has 3 aromatic rings. The lowest BCUT2D eigenvalue weighted by Gasteiger charge is -2.35. The molecule has 1 amide bonds. The fraction of sp³-hybridized carbons (Fsp3) is 0.273. The highest BCUT2D eigenvalue weighted by Crippen LogP contribution is 2.21. The van der Waals surface area contributed by atoms with Gasteiger partial charge in [-0.3, -0.25) is 4.79 Å². The number of nitrogens with zero attached hydrogens (tertiary/aromatic N) is 5. The highest BCUT2D eigenvalue weighted by atomic mass is 35.5. The number of anilines is 3. The normalized spacial score (nSPS) is 13.9.